The first-order chi connectivity index (χ1) is 5.61. The lowest BCUT2D eigenvalue weighted by Gasteiger charge is -2.07. The van der Waals surface area contributed by atoms with Gasteiger partial charge < -0.3 is 9.26 Å². The van der Waals surface area contributed by atoms with Crippen LogP contribution in [0.4, 0.5) is 0 Å². The SMILES string of the molecule is COC(=O)[C@@H]1COP(=O)(OC)N1. The lowest BCUT2D eigenvalue weighted by Crippen LogP contribution is -2.32. The van der Waals surface area contributed by atoms with Crippen LogP contribution in [0.1, 0.15) is 0 Å². The summed E-state index contributed by atoms with van der Waals surface area (Å²) in [5, 5.41) is 2.40. The molecule has 1 saturated heterocycles. The summed E-state index contributed by atoms with van der Waals surface area (Å²) in [5.41, 5.74) is 0. The minimum atomic E-state index is -3.22. The van der Waals surface area contributed by atoms with Crippen LogP contribution in [0.2, 0.25) is 0 Å². The van der Waals surface area contributed by atoms with Crippen molar-refractivity contribution in [2.45, 2.75) is 6.04 Å². The highest BCUT2D eigenvalue weighted by Gasteiger charge is 2.39. The molecule has 0 aromatic carbocycles. The van der Waals surface area contributed by atoms with E-state index >= 15 is 0 Å². The number of hydrogen-bond acceptors (Lipinski definition) is 5. The molecule has 7 heteroatoms. The number of nitrogens with one attached hydrogen (secondary N) is 1. The fraction of sp³-hybridized carbons (Fsp3) is 0.800. The smallest absolute Gasteiger partial charge is 0.406 e. The van der Waals surface area contributed by atoms with Crippen LogP contribution in [0, 0.1) is 0 Å². The van der Waals surface area contributed by atoms with Gasteiger partial charge in [0.15, 0.2) is 0 Å². The number of methoxy groups -OCH3 is 1. The fourth-order valence-electron chi connectivity index (χ4n) is 0.806. The van der Waals surface area contributed by atoms with Gasteiger partial charge in [-0.15, -0.1) is 0 Å². The molecule has 0 aliphatic carbocycles. The molecule has 70 valence electrons. The molecule has 1 aliphatic heterocycles. The highest BCUT2D eigenvalue weighted by molar-refractivity contribution is 7.52. The third-order valence-corrected chi connectivity index (χ3v) is 3.05. The van der Waals surface area contributed by atoms with Crippen molar-refractivity contribution in [1.82, 2.24) is 5.09 Å². The van der Waals surface area contributed by atoms with Gasteiger partial charge in [0.25, 0.3) is 0 Å². The van der Waals surface area contributed by atoms with Crippen molar-refractivity contribution in [3.8, 4) is 0 Å². The largest absolute Gasteiger partial charge is 0.468 e. The van der Waals surface area contributed by atoms with E-state index < -0.39 is 19.8 Å². The van der Waals surface area contributed by atoms with Gasteiger partial charge in [0, 0.05) is 7.11 Å². The van der Waals surface area contributed by atoms with Gasteiger partial charge in [-0.25, -0.2) is 9.65 Å². The second-order valence-electron chi connectivity index (χ2n) is 2.18. The van der Waals surface area contributed by atoms with Crippen LogP contribution in [0.25, 0.3) is 0 Å². The summed E-state index contributed by atoms with van der Waals surface area (Å²) < 4.78 is 24.9. The van der Waals surface area contributed by atoms with Crippen LogP contribution < -0.4 is 5.09 Å². The minimum Gasteiger partial charge on any atom is -0.468 e. The normalized spacial score (nSPS) is 35.0. The monoisotopic (exact) mass is 195 g/mol. The fourth-order valence-corrected chi connectivity index (χ4v) is 2.00. The van der Waals surface area contributed by atoms with Gasteiger partial charge in [0.1, 0.15) is 6.04 Å². The summed E-state index contributed by atoms with van der Waals surface area (Å²) in [6.07, 6.45) is 0. The van der Waals surface area contributed by atoms with E-state index in [0.29, 0.717) is 0 Å². The van der Waals surface area contributed by atoms with E-state index in [1.807, 2.05) is 0 Å². The molecule has 0 aromatic rings. The predicted molar refractivity (Wildman–Crippen MR) is 39.5 cm³/mol. The van der Waals surface area contributed by atoms with Gasteiger partial charge in [0.05, 0.1) is 13.7 Å². The Morgan fingerprint density at radius 2 is 2.33 bits per heavy atom. The quantitative estimate of drug-likeness (QED) is 0.490. The molecular formula is C5H10NO5P. The zero-order chi connectivity index (χ0) is 9.19. The van der Waals surface area contributed by atoms with Crippen molar-refractivity contribution in [1.29, 1.82) is 0 Å². The van der Waals surface area contributed by atoms with E-state index in [0.717, 1.165) is 0 Å². The van der Waals surface area contributed by atoms with Crippen LogP contribution in [0.15, 0.2) is 0 Å². The summed E-state index contributed by atoms with van der Waals surface area (Å²) in [7, 11) is -0.731. The van der Waals surface area contributed by atoms with Crippen LogP contribution in [-0.2, 0) is 23.1 Å². The Morgan fingerprint density at radius 1 is 1.67 bits per heavy atom. The summed E-state index contributed by atoms with van der Waals surface area (Å²) in [4.78, 5) is 10.9. The third kappa shape index (κ3) is 1.84. The first kappa shape index (κ1) is 9.67. The highest BCUT2D eigenvalue weighted by Crippen LogP contribution is 2.47. The van der Waals surface area contributed by atoms with E-state index in [9.17, 15) is 9.36 Å². The Hall–Kier alpha value is -0.420. The molecule has 1 heterocycles. The Kier molecular flexibility index (Phi) is 2.85. The molecule has 0 bridgehead atoms. The number of esters is 1. The first-order valence-electron chi connectivity index (χ1n) is 3.27. The van der Waals surface area contributed by atoms with Gasteiger partial charge in [-0.05, 0) is 0 Å². The molecule has 1 unspecified atom stereocenters. The standard InChI is InChI=1S/C5H10NO5P/c1-9-5(7)4-3-11-12(8,6-4)10-2/h4H,3H2,1-2H3,(H,6,8)/t4-,12?/m0/s1. The molecule has 0 amide bonds. The molecular weight excluding hydrogens is 185 g/mol. The molecule has 1 rings (SSSR count). The van der Waals surface area contributed by atoms with E-state index in [1.165, 1.54) is 14.2 Å². The maximum atomic E-state index is 11.2. The van der Waals surface area contributed by atoms with Crippen LogP contribution in [-0.4, -0.2) is 32.8 Å². The van der Waals surface area contributed by atoms with Gasteiger partial charge >= 0.3 is 13.7 Å². The van der Waals surface area contributed by atoms with Gasteiger partial charge in [0.2, 0.25) is 0 Å². The number of hydrogen-bond donors (Lipinski definition) is 1. The Balaban J connectivity index is 2.56. The maximum absolute atomic E-state index is 11.2. The van der Waals surface area contributed by atoms with E-state index in [1.54, 1.807) is 0 Å². The number of rotatable bonds is 2. The van der Waals surface area contributed by atoms with Crippen molar-refractivity contribution >= 4 is 13.7 Å². The van der Waals surface area contributed by atoms with Gasteiger partial charge in [-0.3, -0.25) is 9.32 Å². The molecule has 0 aromatic heterocycles. The number of carbonyl (C=O) groups is 1. The minimum absolute atomic E-state index is 0.0117. The molecule has 0 radical (unpaired) electrons. The summed E-state index contributed by atoms with van der Waals surface area (Å²) in [6.45, 7) is 0.0117. The Morgan fingerprint density at radius 3 is 2.75 bits per heavy atom. The molecule has 0 spiro atoms. The van der Waals surface area contributed by atoms with Crippen molar-refractivity contribution < 1.29 is 23.1 Å². The third-order valence-electron chi connectivity index (χ3n) is 1.45. The second-order valence-corrected chi connectivity index (χ2v) is 4.06. The van der Waals surface area contributed by atoms with Crippen molar-refractivity contribution in [2.24, 2.45) is 0 Å². The Bertz CT molecular complexity index is 230. The summed E-state index contributed by atoms with van der Waals surface area (Å²) in [6, 6.07) is -0.694. The van der Waals surface area contributed by atoms with Crippen molar-refractivity contribution in [3.63, 3.8) is 0 Å². The lowest BCUT2D eigenvalue weighted by atomic mass is 10.3. The number of carbonyl (C=O) groups excluding carboxylic acids is 1. The predicted octanol–water partition coefficient (Wildman–Crippen LogP) is -0.0977. The van der Waals surface area contributed by atoms with Gasteiger partial charge in [-0.1, -0.05) is 0 Å². The average molecular weight is 195 g/mol. The Labute approximate surface area is 69.8 Å². The van der Waals surface area contributed by atoms with E-state index in [-0.39, 0.29) is 6.61 Å². The zero-order valence-electron chi connectivity index (χ0n) is 6.77. The first-order valence-corrected chi connectivity index (χ1v) is 4.81. The van der Waals surface area contributed by atoms with Gasteiger partial charge in [-0.2, -0.15) is 0 Å². The lowest BCUT2D eigenvalue weighted by molar-refractivity contribution is -0.142. The molecule has 1 fully saturated rings. The van der Waals surface area contributed by atoms with E-state index in [4.69, 9.17) is 4.52 Å². The summed E-state index contributed by atoms with van der Waals surface area (Å²) in [5.74, 6) is -0.509. The average Bonchev–Trinajstić information content (AvgIpc) is 2.48. The molecule has 1 aliphatic rings. The van der Waals surface area contributed by atoms with E-state index in [2.05, 4.69) is 14.3 Å². The summed E-state index contributed by atoms with van der Waals surface area (Å²) >= 11 is 0. The van der Waals surface area contributed by atoms with Crippen LogP contribution in [0.3, 0.4) is 0 Å². The topological polar surface area (TPSA) is 73.9 Å². The molecule has 12 heavy (non-hydrogen) atoms. The molecule has 0 saturated carbocycles. The second kappa shape index (κ2) is 3.53. The van der Waals surface area contributed by atoms with Crippen LogP contribution in [0.5, 0.6) is 0 Å². The molecule has 2 atom stereocenters. The maximum Gasteiger partial charge on any atom is 0.406 e. The molecule has 6 nitrogen and oxygen atoms in total. The van der Waals surface area contributed by atoms with Crippen LogP contribution >= 0.6 is 7.75 Å². The van der Waals surface area contributed by atoms with Crippen molar-refractivity contribution in [2.75, 3.05) is 20.8 Å². The zero-order valence-corrected chi connectivity index (χ0v) is 7.67. The highest BCUT2D eigenvalue weighted by atomic mass is 31.2. The number of ether oxygens (including phenoxy) is 1. The van der Waals surface area contributed by atoms with Crippen molar-refractivity contribution in [3.05, 3.63) is 0 Å². The molecule has 1 N–H and O–H groups in total.